The highest BCUT2D eigenvalue weighted by Crippen LogP contribution is 2.15. The van der Waals surface area contributed by atoms with Gasteiger partial charge in [0.15, 0.2) is 0 Å². The molecule has 0 fully saturated rings. The number of nitrogen functional groups attached to an aromatic ring is 1. The molecule has 0 amide bonds. The van der Waals surface area contributed by atoms with Crippen LogP contribution < -0.4 is 5.73 Å². The van der Waals surface area contributed by atoms with Crippen molar-refractivity contribution in [3.63, 3.8) is 0 Å². The molecule has 0 aliphatic rings. The number of benzene rings is 1. The number of hydrogen-bond donors (Lipinski definition) is 1. The number of halogens is 1. The average Bonchev–Trinajstić information content (AvgIpc) is 2.53. The van der Waals surface area contributed by atoms with Crippen LogP contribution in [0.25, 0.3) is 0 Å². The minimum Gasteiger partial charge on any atom is -0.383 e. The molecule has 1 heterocycles. The van der Waals surface area contributed by atoms with Crippen LogP contribution in [-0.2, 0) is 6.54 Å². The lowest BCUT2D eigenvalue weighted by atomic mass is 10.1. The van der Waals surface area contributed by atoms with Gasteiger partial charge in [0, 0.05) is 0 Å². The summed E-state index contributed by atoms with van der Waals surface area (Å²) in [6.07, 6.45) is 1.78. The van der Waals surface area contributed by atoms with E-state index in [1.165, 1.54) is 11.1 Å². The maximum absolute atomic E-state index is 5.87. The highest BCUT2D eigenvalue weighted by molar-refractivity contribution is 14.1. The van der Waals surface area contributed by atoms with E-state index in [9.17, 15) is 0 Å². The normalized spacial score (nSPS) is 10.5. The number of nitrogens with two attached hydrogens (primary N) is 1. The van der Waals surface area contributed by atoms with Crippen LogP contribution in [0.3, 0.4) is 0 Å². The first kappa shape index (κ1) is 10.5. The predicted molar refractivity (Wildman–Crippen MR) is 69.6 cm³/mol. The Balaban J connectivity index is 2.22. The number of aryl methyl sites for hydroxylation is 1. The van der Waals surface area contributed by atoms with Gasteiger partial charge >= 0.3 is 0 Å². The summed E-state index contributed by atoms with van der Waals surface area (Å²) in [5.74, 6) is 0.733. The van der Waals surface area contributed by atoms with Gasteiger partial charge in [0.25, 0.3) is 0 Å². The summed E-state index contributed by atoms with van der Waals surface area (Å²) in [6, 6.07) is 8.40. The molecule has 2 aromatic rings. The second-order valence-electron chi connectivity index (χ2n) is 3.52. The van der Waals surface area contributed by atoms with Crippen LogP contribution in [0.15, 0.2) is 30.5 Å². The monoisotopic (exact) mass is 313 g/mol. The van der Waals surface area contributed by atoms with E-state index >= 15 is 0 Å². The summed E-state index contributed by atoms with van der Waals surface area (Å²) in [6.45, 7) is 2.81. The number of hydrogen-bond acceptors (Lipinski definition) is 2. The van der Waals surface area contributed by atoms with Gasteiger partial charge < -0.3 is 5.73 Å². The zero-order valence-electron chi connectivity index (χ0n) is 8.44. The van der Waals surface area contributed by atoms with Crippen LogP contribution in [0.5, 0.6) is 0 Å². The molecule has 4 heteroatoms. The van der Waals surface area contributed by atoms with Gasteiger partial charge in [-0.3, -0.25) is 0 Å². The van der Waals surface area contributed by atoms with Crippen molar-refractivity contribution in [2.75, 3.05) is 5.73 Å². The Morgan fingerprint density at radius 2 is 2.00 bits per heavy atom. The Kier molecular flexibility index (Phi) is 2.95. The van der Waals surface area contributed by atoms with Gasteiger partial charge in [-0.2, -0.15) is 5.10 Å². The molecule has 0 aliphatic carbocycles. The number of rotatable bonds is 2. The van der Waals surface area contributed by atoms with Crippen LogP contribution in [0.2, 0.25) is 0 Å². The Labute approximate surface area is 102 Å². The molecule has 1 aromatic carbocycles. The van der Waals surface area contributed by atoms with E-state index in [-0.39, 0.29) is 0 Å². The summed E-state index contributed by atoms with van der Waals surface area (Å²) in [5, 5.41) is 4.22. The van der Waals surface area contributed by atoms with Crippen LogP contribution in [-0.4, -0.2) is 9.78 Å². The van der Waals surface area contributed by atoms with Crippen LogP contribution >= 0.6 is 22.6 Å². The second-order valence-corrected chi connectivity index (χ2v) is 4.68. The summed E-state index contributed by atoms with van der Waals surface area (Å²) >= 11 is 2.18. The molecule has 2 N–H and O–H groups in total. The third-order valence-corrected chi connectivity index (χ3v) is 3.12. The zero-order valence-corrected chi connectivity index (χ0v) is 10.6. The third-order valence-electron chi connectivity index (χ3n) is 2.29. The molecule has 78 valence electrons. The molecule has 0 saturated carbocycles. The highest BCUT2D eigenvalue weighted by atomic mass is 127. The number of nitrogens with zero attached hydrogens (tertiary/aromatic N) is 2. The first-order valence-corrected chi connectivity index (χ1v) is 5.77. The van der Waals surface area contributed by atoms with Gasteiger partial charge in [-0.15, -0.1) is 0 Å². The van der Waals surface area contributed by atoms with Gasteiger partial charge in [0.05, 0.1) is 16.3 Å². The predicted octanol–water partition coefficient (Wildman–Crippen LogP) is 2.43. The van der Waals surface area contributed by atoms with Gasteiger partial charge in [0.1, 0.15) is 5.82 Å². The van der Waals surface area contributed by atoms with Crippen molar-refractivity contribution in [3.05, 3.63) is 45.2 Å². The van der Waals surface area contributed by atoms with E-state index in [1.807, 2.05) is 4.68 Å². The first-order valence-electron chi connectivity index (χ1n) is 4.69. The first-order chi connectivity index (χ1) is 7.16. The number of aromatic nitrogens is 2. The molecule has 0 spiro atoms. The van der Waals surface area contributed by atoms with Crippen LogP contribution in [0.4, 0.5) is 5.82 Å². The smallest absolute Gasteiger partial charge is 0.135 e. The van der Waals surface area contributed by atoms with Crippen molar-refractivity contribution in [1.29, 1.82) is 0 Å². The lowest BCUT2D eigenvalue weighted by molar-refractivity contribution is 0.697. The largest absolute Gasteiger partial charge is 0.383 e. The SMILES string of the molecule is Cc1ccc(Cn2ncc(I)c2N)cc1. The van der Waals surface area contributed by atoms with Crippen molar-refractivity contribution < 1.29 is 0 Å². The second kappa shape index (κ2) is 4.22. The fraction of sp³-hybridized carbons (Fsp3) is 0.182. The van der Waals surface area contributed by atoms with Crippen LogP contribution in [0.1, 0.15) is 11.1 Å². The number of anilines is 1. The molecule has 0 saturated heterocycles. The Hall–Kier alpha value is -1.04. The average molecular weight is 313 g/mol. The van der Waals surface area contributed by atoms with Gasteiger partial charge in [-0.25, -0.2) is 4.68 Å². The van der Waals surface area contributed by atoms with E-state index in [4.69, 9.17) is 5.73 Å². The van der Waals surface area contributed by atoms with Gasteiger partial charge in [0.2, 0.25) is 0 Å². The van der Waals surface area contributed by atoms with Crippen molar-refractivity contribution in [1.82, 2.24) is 9.78 Å². The molecule has 0 atom stereocenters. The van der Waals surface area contributed by atoms with Crippen LogP contribution in [0, 0.1) is 10.5 Å². The molecular weight excluding hydrogens is 301 g/mol. The van der Waals surface area contributed by atoms with E-state index in [1.54, 1.807) is 6.20 Å². The minimum absolute atomic E-state index is 0.731. The van der Waals surface area contributed by atoms with Gasteiger partial charge in [-0.05, 0) is 35.1 Å². The summed E-state index contributed by atoms with van der Waals surface area (Å²) in [4.78, 5) is 0. The Morgan fingerprint density at radius 1 is 1.33 bits per heavy atom. The van der Waals surface area contributed by atoms with Crippen molar-refractivity contribution in [3.8, 4) is 0 Å². The Bertz CT molecular complexity index is 459. The Morgan fingerprint density at radius 3 is 2.53 bits per heavy atom. The van der Waals surface area contributed by atoms with Crippen molar-refractivity contribution >= 4 is 28.4 Å². The lowest BCUT2D eigenvalue weighted by Gasteiger charge is -2.04. The molecule has 0 unspecified atom stereocenters. The molecule has 1 aromatic heterocycles. The third kappa shape index (κ3) is 2.31. The molecule has 15 heavy (non-hydrogen) atoms. The molecule has 0 aliphatic heterocycles. The van der Waals surface area contributed by atoms with E-state index < -0.39 is 0 Å². The standard InChI is InChI=1S/C11H12IN3/c1-8-2-4-9(5-3-8)7-15-11(13)10(12)6-14-15/h2-6H,7,13H2,1H3. The highest BCUT2D eigenvalue weighted by Gasteiger charge is 2.04. The lowest BCUT2D eigenvalue weighted by Crippen LogP contribution is -2.06. The van der Waals surface area contributed by atoms with Crippen molar-refractivity contribution in [2.24, 2.45) is 0 Å². The quantitative estimate of drug-likeness (QED) is 0.866. The fourth-order valence-corrected chi connectivity index (χ4v) is 1.77. The molecule has 2 rings (SSSR count). The molecule has 3 nitrogen and oxygen atoms in total. The summed E-state index contributed by atoms with van der Waals surface area (Å²) < 4.78 is 2.81. The van der Waals surface area contributed by atoms with E-state index in [0.29, 0.717) is 0 Å². The zero-order chi connectivity index (χ0) is 10.8. The van der Waals surface area contributed by atoms with Crippen molar-refractivity contribution in [2.45, 2.75) is 13.5 Å². The minimum atomic E-state index is 0.731. The van der Waals surface area contributed by atoms with E-state index in [0.717, 1.165) is 15.9 Å². The molecule has 0 bridgehead atoms. The maximum Gasteiger partial charge on any atom is 0.135 e. The molecular formula is C11H12IN3. The van der Waals surface area contributed by atoms with Gasteiger partial charge in [-0.1, -0.05) is 29.8 Å². The summed E-state index contributed by atoms with van der Waals surface area (Å²) in [7, 11) is 0. The fourth-order valence-electron chi connectivity index (χ4n) is 1.36. The maximum atomic E-state index is 5.87. The topological polar surface area (TPSA) is 43.8 Å². The summed E-state index contributed by atoms with van der Waals surface area (Å²) in [5.41, 5.74) is 8.35. The van der Waals surface area contributed by atoms with E-state index in [2.05, 4.69) is 58.9 Å². The molecule has 0 radical (unpaired) electrons.